The topological polar surface area (TPSA) is 50.7 Å². The minimum absolute atomic E-state index is 0.101. The number of nitrogens with zero attached hydrogens (tertiary/aromatic N) is 1. The highest BCUT2D eigenvalue weighted by Gasteiger charge is 2.06. The van der Waals surface area contributed by atoms with Gasteiger partial charge in [-0.05, 0) is 42.8 Å². The van der Waals surface area contributed by atoms with E-state index in [-0.39, 0.29) is 17.2 Å². The van der Waals surface area contributed by atoms with Gasteiger partial charge in [0, 0.05) is 10.6 Å². The van der Waals surface area contributed by atoms with Crippen LogP contribution in [0.3, 0.4) is 0 Å². The van der Waals surface area contributed by atoms with Gasteiger partial charge in [0.25, 0.3) is 5.91 Å². The molecule has 1 N–H and O–H groups in total. The maximum absolute atomic E-state index is 13.5. The first-order chi connectivity index (χ1) is 11.0. The monoisotopic (exact) mass is 354 g/mol. The van der Waals surface area contributed by atoms with Crippen LogP contribution in [0.1, 0.15) is 11.1 Å². The summed E-state index contributed by atoms with van der Waals surface area (Å²) in [6, 6.07) is 9.33. The summed E-state index contributed by atoms with van der Waals surface area (Å²) in [6.45, 7) is 1.59. The molecule has 0 saturated heterocycles. The molecule has 0 spiro atoms. The molecular weight excluding hydrogens is 342 g/mol. The lowest BCUT2D eigenvalue weighted by molar-refractivity contribution is -0.123. The molecule has 120 valence electrons. The van der Waals surface area contributed by atoms with Crippen LogP contribution in [0, 0.1) is 12.7 Å². The number of aryl methyl sites for hydroxylation is 1. The number of hydrogen-bond acceptors (Lipinski definition) is 3. The summed E-state index contributed by atoms with van der Waals surface area (Å²) in [4.78, 5) is 11.7. The van der Waals surface area contributed by atoms with E-state index in [0.29, 0.717) is 10.8 Å². The van der Waals surface area contributed by atoms with Crippen molar-refractivity contribution in [3.8, 4) is 5.75 Å². The van der Waals surface area contributed by atoms with E-state index in [0.717, 1.165) is 11.8 Å². The molecule has 23 heavy (non-hydrogen) atoms. The summed E-state index contributed by atoms with van der Waals surface area (Å²) in [5.41, 5.74) is 3.15. The third-order valence-corrected chi connectivity index (χ3v) is 3.44. The van der Waals surface area contributed by atoms with Crippen molar-refractivity contribution >= 4 is 35.3 Å². The molecule has 7 heteroatoms. The van der Waals surface area contributed by atoms with Gasteiger partial charge in [0.15, 0.2) is 6.61 Å². The molecule has 0 fully saturated rings. The van der Waals surface area contributed by atoms with Crippen molar-refractivity contribution in [1.82, 2.24) is 5.43 Å². The Morgan fingerprint density at radius 2 is 2.13 bits per heavy atom. The maximum atomic E-state index is 13.5. The highest BCUT2D eigenvalue weighted by molar-refractivity contribution is 6.33. The molecule has 0 bridgehead atoms. The Balaban J connectivity index is 1.89. The third kappa shape index (κ3) is 4.94. The fourth-order valence-corrected chi connectivity index (χ4v) is 2.19. The van der Waals surface area contributed by atoms with E-state index in [9.17, 15) is 9.18 Å². The van der Waals surface area contributed by atoms with Crippen LogP contribution in [0.2, 0.25) is 10.0 Å². The molecule has 0 saturated carbocycles. The lowest BCUT2D eigenvalue weighted by atomic mass is 10.2. The van der Waals surface area contributed by atoms with Crippen LogP contribution in [0.4, 0.5) is 4.39 Å². The standard InChI is InChI=1S/C16H13Cl2FN2O2/c1-10-7-11(17)5-6-15(10)23-9-16(22)21-20-8-12-13(18)3-2-4-14(12)19/h2-8H,9H2,1H3,(H,21,22)/b20-8-. The third-order valence-electron chi connectivity index (χ3n) is 2.88. The Bertz CT molecular complexity index is 731. The van der Waals surface area contributed by atoms with Gasteiger partial charge in [-0.15, -0.1) is 0 Å². The van der Waals surface area contributed by atoms with Gasteiger partial charge in [-0.3, -0.25) is 4.79 Å². The van der Waals surface area contributed by atoms with Crippen molar-refractivity contribution in [2.24, 2.45) is 5.10 Å². The maximum Gasteiger partial charge on any atom is 0.277 e. The van der Waals surface area contributed by atoms with Crippen LogP contribution in [-0.4, -0.2) is 18.7 Å². The second-order valence-corrected chi connectivity index (χ2v) is 5.47. The van der Waals surface area contributed by atoms with Crippen molar-refractivity contribution < 1.29 is 13.9 Å². The summed E-state index contributed by atoms with van der Waals surface area (Å²) in [7, 11) is 0. The molecule has 4 nitrogen and oxygen atoms in total. The number of halogens is 3. The van der Waals surface area contributed by atoms with Crippen molar-refractivity contribution in [2.75, 3.05) is 6.61 Å². The molecule has 2 aromatic carbocycles. The number of carbonyl (C=O) groups is 1. The van der Waals surface area contributed by atoms with E-state index < -0.39 is 11.7 Å². The van der Waals surface area contributed by atoms with E-state index in [1.165, 1.54) is 18.2 Å². The second-order valence-electron chi connectivity index (χ2n) is 4.63. The summed E-state index contributed by atoms with van der Waals surface area (Å²) < 4.78 is 18.9. The number of amides is 1. The predicted octanol–water partition coefficient (Wildman–Crippen LogP) is 3.97. The number of hydrogen-bond donors (Lipinski definition) is 1. The SMILES string of the molecule is Cc1cc(Cl)ccc1OCC(=O)N/N=C\c1c(F)cccc1Cl. The first-order valence-electron chi connectivity index (χ1n) is 6.62. The van der Waals surface area contributed by atoms with E-state index in [1.807, 2.05) is 6.92 Å². The van der Waals surface area contributed by atoms with Crippen LogP contribution < -0.4 is 10.2 Å². The van der Waals surface area contributed by atoms with Crippen LogP contribution >= 0.6 is 23.2 Å². The molecule has 0 radical (unpaired) electrons. The Hall–Kier alpha value is -2.11. The van der Waals surface area contributed by atoms with Gasteiger partial charge in [-0.1, -0.05) is 29.3 Å². The van der Waals surface area contributed by atoms with Crippen molar-refractivity contribution in [1.29, 1.82) is 0 Å². The summed E-state index contributed by atoms with van der Waals surface area (Å²) in [5, 5.41) is 4.46. The summed E-state index contributed by atoms with van der Waals surface area (Å²) in [6.07, 6.45) is 1.14. The summed E-state index contributed by atoms with van der Waals surface area (Å²) >= 11 is 11.7. The summed E-state index contributed by atoms with van der Waals surface area (Å²) in [5.74, 6) is -0.461. The molecule has 2 rings (SSSR count). The number of benzene rings is 2. The van der Waals surface area contributed by atoms with Crippen LogP contribution in [0.15, 0.2) is 41.5 Å². The molecule has 0 aromatic heterocycles. The molecule has 0 heterocycles. The van der Waals surface area contributed by atoms with Gasteiger partial charge in [0.1, 0.15) is 11.6 Å². The van der Waals surface area contributed by atoms with Gasteiger partial charge >= 0.3 is 0 Å². The fraction of sp³-hybridized carbons (Fsp3) is 0.125. The Morgan fingerprint density at radius 1 is 1.35 bits per heavy atom. The zero-order valence-corrected chi connectivity index (χ0v) is 13.7. The quantitative estimate of drug-likeness (QED) is 0.652. The molecule has 0 aliphatic carbocycles. The van der Waals surface area contributed by atoms with E-state index >= 15 is 0 Å². The number of nitrogens with one attached hydrogen (secondary N) is 1. The average molecular weight is 355 g/mol. The van der Waals surface area contributed by atoms with Crippen molar-refractivity contribution in [3.05, 3.63) is 63.4 Å². The highest BCUT2D eigenvalue weighted by Crippen LogP contribution is 2.21. The van der Waals surface area contributed by atoms with E-state index in [4.69, 9.17) is 27.9 Å². The number of hydrazone groups is 1. The lowest BCUT2D eigenvalue weighted by Gasteiger charge is -2.08. The van der Waals surface area contributed by atoms with Crippen molar-refractivity contribution in [2.45, 2.75) is 6.92 Å². The number of rotatable bonds is 5. The molecule has 0 atom stereocenters. The normalized spacial score (nSPS) is 10.8. The Labute approximate surface area is 142 Å². The number of ether oxygens (including phenoxy) is 1. The molecule has 1 amide bonds. The van der Waals surface area contributed by atoms with Gasteiger partial charge < -0.3 is 4.74 Å². The molecular formula is C16H13Cl2FN2O2. The zero-order chi connectivity index (χ0) is 16.8. The van der Waals surface area contributed by atoms with Gasteiger partial charge in [-0.2, -0.15) is 5.10 Å². The lowest BCUT2D eigenvalue weighted by Crippen LogP contribution is -2.24. The van der Waals surface area contributed by atoms with Crippen LogP contribution in [0.25, 0.3) is 0 Å². The molecule has 2 aromatic rings. The van der Waals surface area contributed by atoms with Gasteiger partial charge in [0.05, 0.1) is 11.2 Å². The first kappa shape index (κ1) is 17.2. The Morgan fingerprint density at radius 3 is 2.83 bits per heavy atom. The van der Waals surface area contributed by atoms with E-state index in [2.05, 4.69) is 10.5 Å². The largest absolute Gasteiger partial charge is 0.483 e. The van der Waals surface area contributed by atoms with Gasteiger partial charge in [-0.25, -0.2) is 9.82 Å². The predicted molar refractivity (Wildman–Crippen MR) is 88.8 cm³/mol. The molecule has 0 aliphatic heterocycles. The number of carbonyl (C=O) groups excluding carboxylic acids is 1. The van der Waals surface area contributed by atoms with E-state index in [1.54, 1.807) is 18.2 Å². The van der Waals surface area contributed by atoms with Crippen LogP contribution in [0.5, 0.6) is 5.75 Å². The first-order valence-corrected chi connectivity index (χ1v) is 7.38. The van der Waals surface area contributed by atoms with Gasteiger partial charge in [0.2, 0.25) is 0 Å². The van der Waals surface area contributed by atoms with Crippen molar-refractivity contribution in [3.63, 3.8) is 0 Å². The second kappa shape index (κ2) is 7.94. The smallest absolute Gasteiger partial charge is 0.277 e. The molecule has 0 aliphatic rings. The fourth-order valence-electron chi connectivity index (χ4n) is 1.75. The minimum atomic E-state index is -0.525. The molecule has 0 unspecified atom stereocenters. The Kier molecular flexibility index (Phi) is 5.96. The zero-order valence-electron chi connectivity index (χ0n) is 12.1. The average Bonchev–Trinajstić information content (AvgIpc) is 2.49. The van der Waals surface area contributed by atoms with Crippen LogP contribution in [-0.2, 0) is 4.79 Å². The minimum Gasteiger partial charge on any atom is -0.483 e. The highest BCUT2D eigenvalue weighted by atomic mass is 35.5.